The molecule has 2 aromatic carbocycles. The predicted octanol–water partition coefficient (Wildman–Crippen LogP) is 3.34. The fraction of sp³-hybridized carbons (Fsp3) is 0. The Kier molecular flexibility index (Phi) is 5.12. The maximum absolute atomic E-state index is 12.9. The van der Waals surface area contributed by atoms with Crippen LogP contribution in [0.4, 0.5) is 0 Å². The van der Waals surface area contributed by atoms with E-state index >= 15 is 0 Å². The fourth-order valence-corrected chi connectivity index (χ4v) is 4.33. The van der Waals surface area contributed by atoms with Crippen LogP contribution < -0.4 is 15.7 Å². The van der Waals surface area contributed by atoms with E-state index in [1.807, 2.05) is 6.07 Å². The number of halogens is 1. The van der Waals surface area contributed by atoms with Crippen LogP contribution in [0.25, 0.3) is 33.6 Å². The number of fused-ring (bicyclic) bond motifs is 1. The maximum atomic E-state index is 12.9. The number of furan rings is 1. The average molecular weight is 478 g/mol. The van der Waals surface area contributed by atoms with Crippen LogP contribution in [-0.2, 0) is 0 Å². The molecule has 0 spiro atoms. The molecule has 1 N–H and O–H groups in total. The highest BCUT2D eigenvalue weighted by Crippen LogP contribution is 2.27. The van der Waals surface area contributed by atoms with Crippen molar-refractivity contribution in [3.05, 3.63) is 102 Å². The molecule has 0 atom stereocenters. The van der Waals surface area contributed by atoms with E-state index in [-0.39, 0.29) is 25.8 Å². The molecule has 3 heterocycles. The van der Waals surface area contributed by atoms with E-state index in [0.717, 1.165) is 15.9 Å². The second-order valence-electron chi connectivity index (χ2n) is 6.94. The van der Waals surface area contributed by atoms with Crippen molar-refractivity contribution in [2.24, 2.45) is 0 Å². The van der Waals surface area contributed by atoms with Gasteiger partial charge in [-0.2, -0.15) is 14.6 Å². The largest absolute Gasteiger partial charge is 0.478 e. The standard InChI is InChI=1S/C23H12ClN3O5S/c24-16-8-6-13(10-15(16)22(30)31)17-9-7-14(32-17)11-18-21(29)27-23(33-18)25-20(28)19(26-27)12-4-2-1-3-5-12/h1-11H,(H,30,31). The van der Waals surface area contributed by atoms with Crippen molar-refractivity contribution in [1.82, 2.24) is 14.6 Å². The van der Waals surface area contributed by atoms with Crippen LogP contribution >= 0.6 is 22.9 Å². The Morgan fingerprint density at radius 3 is 2.61 bits per heavy atom. The molecule has 162 valence electrons. The number of thiazole rings is 1. The Morgan fingerprint density at radius 1 is 1.06 bits per heavy atom. The molecule has 0 fully saturated rings. The van der Waals surface area contributed by atoms with Gasteiger partial charge in [0.1, 0.15) is 16.1 Å². The minimum atomic E-state index is -1.15. The molecular formula is C23H12ClN3O5S. The van der Waals surface area contributed by atoms with Gasteiger partial charge >= 0.3 is 11.5 Å². The van der Waals surface area contributed by atoms with Crippen LogP contribution in [0.2, 0.25) is 5.02 Å². The highest BCUT2D eigenvalue weighted by Gasteiger charge is 2.14. The van der Waals surface area contributed by atoms with E-state index < -0.39 is 17.1 Å². The molecule has 0 bridgehead atoms. The zero-order valence-corrected chi connectivity index (χ0v) is 18.1. The third-order valence-corrected chi connectivity index (χ3v) is 6.10. The molecular weight excluding hydrogens is 466 g/mol. The van der Waals surface area contributed by atoms with Gasteiger partial charge in [-0.05, 0) is 30.3 Å². The number of aromatic carboxylic acids is 1. The normalized spacial score (nSPS) is 11.8. The molecule has 0 unspecified atom stereocenters. The smallest absolute Gasteiger partial charge is 0.337 e. The third kappa shape index (κ3) is 3.84. The van der Waals surface area contributed by atoms with Crippen molar-refractivity contribution >= 4 is 39.9 Å². The highest BCUT2D eigenvalue weighted by molar-refractivity contribution is 7.15. The minimum absolute atomic E-state index is 0.0429. The zero-order valence-electron chi connectivity index (χ0n) is 16.6. The second kappa shape index (κ2) is 8.12. The van der Waals surface area contributed by atoms with Crippen LogP contribution in [0.15, 0.2) is 74.7 Å². The first-order valence-electron chi connectivity index (χ1n) is 9.55. The van der Waals surface area contributed by atoms with Gasteiger partial charge in [-0.15, -0.1) is 0 Å². The number of carboxylic acids is 1. The summed E-state index contributed by atoms with van der Waals surface area (Å²) < 4.78 is 7.16. The van der Waals surface area contributed by atoms with Gasteiger partial charge in [0.2, 0.25) is 4.96 Å². The van der Waals surface area contributed by atoms with Crippen LogP contribution in [-0.4, -0.2) is 25.7 Å². The molecule has 0 aliphatic rings. The molecule has 0 aliphatic carbocycles. The second-order valence-corrected chi connectivity index (χ2v) is 8.36. The van der Waals surface area contributed by atoms with Gasteiger partial charge < -0.3 is 9.52 Å². The van der Waals surface area contributed by atoms with E-state index in [1.165, 1.54) is 18.2 Å². The van der Waals surface area contributed by atoms with Crippen LogP contribution in [0.3, 0.4) is 0 Å². The number of carboxylic acid groups (broad SMARTS) is 1. The highest BCUT2D eigenvalue weighted by atomic mass is 35.5. The molecule has 0 saturated heterocycles. The number of nitrogens with zero attached hydrogens (tertiary/aromatic N) is 3. The summed E-state index contributed by atoms with van der Waals surface area (Å²) in [6.45, 7) is 0. The lowest BCUT2D eigenvalue weighted by Gasteiger charge is -2.01. The summed E-state index contributed by atoms with van der Waals surface area (Å²) >= 11 is 6.94. The summed E-state index contributed by atoms with van der Waals surface area (Å²) in [5, 5.41) is 13.6. The average Bonchev–Trinajstić information content (AvgIpc) is 3.39. The molecule has 10 heteroatoms. The summed E-state index contributed by atoms with van der Waals surface area (Å²) in [4.78, 5) is 40.8. The van der Waals surface area contributed by atoms with Crippen molar-refractivity contribution in [3.8, 4) is 22.6 Å². The SMILES string of the molecule is O=C(O)c1cc(-c2ccc(C=c3sc4nc(=O)c(-c5ccccc5)nn4c3=O)o2)ccc1Cl. The van der Waals surface area contributed by atoms with Gasteiger partial charge in [0.15, 0.2) is 5.69 Å². The molecule has 5 rings (SSSR count). The fourth-order valence-electron chi connectivity index (χ4n) is 3.24. The lowest BCUT2D eigenvalue weighted by Crippen LogP contribution is -2.26. The molecule has 5 aromatic rings. The lowest BCUT2D eigenvalue weighted by molar-refractivity contribution is 0.0697. The molecule has 0 radical (unpaired) electrons. The number of carbonyl (C=O) groups is 1. The van der Waals surface area contributed by atoms with Crippen LogP contribution in [0.1, 0.15) is 16.1 Å². The van der Waals surface area contributed by atoms with E-state index in [0.29, 0.717) is 22.6 Å². The predicted molar refractivity (Wildman–Crippen MR) is 124 cm³/mol. The Hall–Kier alpha value is -4.08. The number of rotatable bonds is 4. The summed E-state index contributed by atoms with van der Waals surface area (Å²) in [6.07, 6.45) is 1.52. The number of hydrogen-bond acceptors (Lipinski definition) is 7. The summed E-state index contributed by atoms with van der Waals surface area (Å²) in [5.74, 6) is -0.371. The third-order valence-electron chi connectivity index (χ3n) is 4.81. The number of hydrogen-bond donors (Lipinski definition) is 1. The van der Waals surface area contributed by atoms with Gasteiger partial charge in [-0.25, -0.2) is 4.79 Å². The first kappa shape index (κ1) is 20.8. The molecule has 0 saturated carbocycles. The van der Waals surface area contributed by atoms with Gasteiger partial charge in [0.25, 0.3) is 5.56 Å². The topological polar surface area (TPSA) is 115 Å². The van der Waals surface area contributed by atoms with Crippen molar-refractivity contribution in [1.29, 1.82) is 0 Å². The zero-order chi connectivity index (χ0) is 23.1. The Balaban J connectivity index is 1.57. The first-order valence-corrected chi connectivity index (χ1v) is 10.7. The van der Waals surface area contributed by atoms with E-state index in [4.69, 9.17) is 16.0 Å². The van der Waals surface area contributed by atoms with Crippen molar-refractivity contribution in [3.63, 3.8) is 0 Å². The van der Waals surface area contributed by atoms with E-state index in [9.17, 15) is 19.5 Å². The number of aromatic nitrogens is 3. The minimum Gasteiger partial charge on any atom is -0.478 e. The monoisotopic (exact) mass is 477 g/mol. The molecule has 0 aliphatic heterocycles. The van der Waals surface area contributed by atoms with Crippen molar-refractivity contribution in [2.75, 3.05) is 0 Å². The Morgan fingerprint density at radius 2 is 1.85 bits per heavy atom. The molecule has 3 aromatic heterocycles. The van der Waals surface area contributed by atoms with Gasteiger partial charge in [0.05, 0.1) is 10.6 Å². The Labute approximate surface area is 193 Å². The quantitative estimate of drug-likeness (QED) is 0.422. The van der Waals surface area contributed by atoms with Crippen LogP contribution in [0, 0.1) is 0 Å². The van der Waals surface area contributed by atoms with E-state index in [1.54, 1.807) is 42.5 Å². The first-order chi connectivity index (χ1) is 15.9. The molecule has 33 heavy (non-hydrogen) atoms. The summed E-state index contributed by atoms with van der Waals surface area (Å²) in [6, 6.07) is 16.6. The maximum Gasteiger partial charge on any atom is 0.337 e. The van der Waals surface area contributed by atoms with Gasteiger partial charge in [0, 0.05) is 17.2 Å². The van der Waals surface area contributed by atoms with E-state index in [2.05, 4.69) is 10.1 Å². The summed E-state index contributed by atoms with van der Waals surface area (Å²) in [7, 11) is 0. The van der Waals surface area contributed by atoms with Gasteiger partial charge in [-0.1, -0.05) is 53.3 Å². The summed E-state index contributed by atoms with van der Waals surface area (Å²) in [5.41, 5.74) is 0.185. The van der Waals surface area contributed by atoms with Gasteiger partial charge in [-0.3, -0.25) is 9.59 Å². The van der Waals surface area contributed by atoms with Crippen LogP contribution in [0.5, 0.6) is 0 Å². The molecule has 0 amide bonds. The molecule has 8 nitrogen and oxygen atoms in total. The Bertz CT molecular complexity index is 1710. The number of benzene rings is 2. The van der Waals surface area contributed by atoms with Crippen molar-refractivity contribution < 1.29 is 14.3 Å². The lowest BCUT2D eigenvalue weighted by atomic mass is 10.1. The van der Waals surface area contributed by atoms with Crippen molar-refractivity contribution in [2.45, 2.75) is 0 Å².